The van der Waals surface area contributed by atoms with Crippen LogP contribution in [-0.2, 0) is 30.3 Å². The average Bonchev–Trinajstić information content (AvgIpc) is 2.97. The first-order valence-corrected chi connectivity index (χ1v) is 15.0. The molecule has 11 nitrogen and oxygen atoms in total. The molecule has 0 aliphatic carbocycles. The summed E-state index contributed by atoms with van der Waals surface area (Å²) < 4.78 is 25.0. The first kappa shape index (κ1) is 35.0. The summed E-state index contributed by atoms with van der Waals surface area (Å²) in [5, 5.41) is 13.1. The lowest BCUT2D eigenvalue weighted by molar-refractivity contribution is -0.153. The number of para-hydroxylation sites is 2. The Kier molecular flexibility index (Phi) is 12.9. The Morgan fingerprint density at radius 1 is 1.04 bits per heavy atom. The molecule has 0 bridgehead atoms. The number of aromatic nitrogens is 2. The maximum absolute atomic E-state index is 14.2. The molecule has 2 aromatic carbocycles. The fourth-order valence-electron chi connectivity index (χ4n) is 4.82. The molecular formula is C33H41FN4O7. The Bertz CT molecular complexity index is 1480. The lowest BCUT2D eigenvalue weighted by atomic mass is 9.87. The third-order valence-corrected chi connectivity index (χ3v) is 7.16. The second-order valence-electron chi connectivity index (χ2n) is 11.5. The second-order valence-corrected chi connectivity index (χ2v) is 11.5. The van der Waals surface area contributed by atoms with Crippen LogP contribution in [0.5, 0.6) is 0 Å². The van der Waals surface area contributed by atoms with Gasteiger partial charge in [-0.2, -0.15) is 0 Å². The summed E-state index contributed by atoms with van der Waals surface area (Å²) in [7, 11) is 0. The van der Waals surface area contributed by atoms with Crippen molar-refractivity contribution in [3.05, 3.63) is 71.8 Å². The Hall–Kier alpha value is -4.45. The van der Waals surface area contributed by atoms with Crippen LogP contribution in [-0.4, -0.2) is 63.2 Å². The fourth-order valence-corrected chi connectivity index (χ4v) is 4.82. The lowest BCUT2D eigenvalue weighted by Gasteiger charge is -2.31. The number of nitrogens with one attached hydrogen (secondary N) is 1. The van der Waals surface area contributed by atoms with Gasteiger partial charge < -0.3 is 25.6 Å². The number of aliphatic hydroxyl groups is 1. The standard InChI is InChI=1S/C33H41FN4O7/c1-4-44-29(39)13-8-14-30(40)45-28(19-22(31(35)41)15-16-33(2,3)43)26(18-21-9-7-10-23(34)17-21)38-32(42)27-20-36-24-11-5-6-12-25(24)37-27/h5-7,9-12,17,20,22,26,28,43H,4,8,13-16,18-19H2,1-3H3,(H2,35,41)(H,38,42). The van der Waals surface area contributed by atoms with E-state index < -0.39 is 53.2 Å². The first-order chi connectivity index (χ1) is 21.3. The van der Waals surface area contributed by atoms with Gasteiger partial charge in [-0.3, -0.25) is 24.2 Å². The number of fused-ring (bicyclic) bond motifs is 1. The summed E-state index contributed by atoms with van der Waals surface area (Å²) >= 11 is 0. The number of primary amides is 1. The summed E-state index contributed by atoms with van der Waals surface area (Å²) in [5.41, 5.74) is 6.25. The number of carbonyl (C=O) groups is 4. The molecule has 0 aliphatic rings. The van der Waals surface area contributed by atoms with Crippen molar-refractivity contribution in [1.29, 1.82) is 0 Å². The highest BCUT2D eigenvalue weighted by Gasteiger charge is 2.33. The average molecular weight is 625 g/mol. The number of nitrogens with zero attached hydrogens (tertiary/aromatic N) is 2. The quantitative estimate of drug-likeness (QED) is 0.189. The fraction of sp³-hybridized carbons (Fsp3) is 0.455. The third-order valence-electron chi connectivity index (χ3n) is 7.16. The van der Waals surface area contributed by atoms with Crippen LogP contribution in [0.2, 0.25) is 0 Å². The van der Waals surface area contributed by atoms with E-state index in [0.717, 1.165) is 0 Å². The van der Waals surface area contributed by atoms with Crippen LogP contribution in [0.4, 0.5) is 4.39 Å². The molecule has 0 spiro atoms. The van der Waals surface area contributed by atoms with Crippen molar-refractivity contribution in [2.75, 3.05) is 6.61 Å². The molecule has 0 radical (unpaired) electrons. The van der Waals surface area contributed by atoms with Crippen molar-refractivity contribution in [2.24, 2.45) is 11.7 Å². The molecule has 12 heteroatoms. The number of benzene rings is 2. The van der Waals surface area contributed by atoms with E-state index in [9.17, 15) is 28.7 Å². The van der Waals surface area contributed by atoms with Crippen LogP contribution >= 0.6 is 0 Å². The molecule has 0 fully saturated rings. The van der Waals surface area contributed by atoms with Crippen LogP contribution < -0.4 is 11.1 Å². The Labute approximate surface area is 261 Å². The van der Waals surface area contributed by atoms with Gasteiger partial charge in [-0.05, 0) is 82.7 Å². The van der Waals surface area contributed by atoms with Crippen LogP contribution in [0.1, 0.15) is 75.3 Å². The number of carbonyl (C=O) groups excluding carboxylic acids is 4. The number of amides is 2. The molecule has 4 N–H and O–H groups in total. The number of rotatable bonds is 17. The van der Waals surface area contributed by atoms with Crippen molar-refractivity contribution < 1.29 is 38.1 Å². The number of hydrogen-bond acceptors (Lipinski definition) is 9. The highest BCUT2D eigenvalue weighted by Crippen LogP contribution is 2.24. The van der Waals surface area contributed by atoms with Gasteiger partial charge in [-0.25, -0.2) is 9.37 Å². The number of nitrogens with two attached hydrogens (primary N) is 1. The third kappa shape index (κ3) is 11.9. The molecule has 3 rings (SSSR count). The predicted molar refractivity (Wildman–Crippen MR) is 164 cm³/mol. The summed E-state index contributed by atoms with van der Waals surface area (Å²) in [5.74, 6) is -3.73. The molecular weight excluding hydrogens is 583 g/mol. The topological polar surface area (TPSA) is 171 Å². The van der Waals surface area contributed by atoms with Gasteiger partial charge in [-0.1, -0.05) is 24.3 Å². The molecule has 0 aliphatic heterocycles. The van der Waals surface area contributed by atoms with Gasteiger partial charge in [0.1, 0.15) is 17.6 Å². The minimum atomic E-state index is -1.10. The molecule has 1 aromatic heterocycles. The molecule has 1 heterocycles. The van der Waals surface area contributed by atoms with E-state index in [2.05, 4.69) is 15.3 Å². The van der Waals surface area contributed by atoms with E-state index in [4.69, 9.17) is 15.2 Å². The predicted octanol–water partition coefficient (Wildman–Crippen LogP) is 3.80. The molecule has 3 atom stereocenters. The van der Waals surface area contributed by atoms with Crippen molar-refractivity contribution in [3.8, 4) is 0 Å². The normalized spacial score (nSPS) is 13.4. The molecule has 45 heavy (non-hydrogen) atoms. The monoisotopic (exact) mass is 624 g/mol. The zero-order valence-corrected chi connectivity index (χ0v) is 25.8. The smallest absolute Gasteiger partial charge is 0.306 e. The largest absolute Gasteiger partial charge is 0.466 e. The van der Waals surface area contributed by atoms with Gasteiger partial charge in [0, 0.05) is 18.8 Å². The van der Waals surface area contributed by atoms with Gasteiger partial charge in [0.05, 0.1) is 35.5 Å². The molecule has 0 saturated carbocycles. The lowest BCUT2D eigenvalue weighted by Crippen LogP contribution is -2.48. The van der Waals surface area contributed by atoms with E-state index in [-0.39, 0.29) is 57.2 Å². The summed E-state index contributed by atoms with van der Waals surface area (Å²) in [4.78, 5) is 59.6. The zero-order valence-electron chi connectivity index (χ0n) is 25.8. The van der Waals surface area contributed by atoms with Gasteiger partial charge in [0.15, 0.2) is 0 Å². The van der Waals surface area contributed by atoms with Crippen LogP contribution in [0.15, 0.2) is 54.7 Å². The number of ether oxygens (including phenoxy) is 2. The Balaban J connectivity index is 1.93. The SMILES string of the molecule is CCOC(=O)CCCC(=O)OC(CC(CCC(C)(C)O)C(N)=O)C(Cc1cccc(F)c1)NC(=O)c1cnc2ccccc2n1. The molecule has 3 unspecified atom stereocenters. The van der Waals surface area contributed by atoms with E-state index in [1.165, 1.54) is 24.4 Å². The first-order valence-electron chi connectivity index (χ1n) is 15.0. The summed E-state index contributed by atoms with van der Waals surface area (Å²) in [6.07, 6.45) is 0.630. The molecule has 3 aromatic rings. The Morgan fingerprint density at radius 2 is 1.76 bits per heavy atom. The maximum Gasteiger partial charge on any atom is 0.306 e. The van der Waals surface area contributed by atoms with Crippen molar-refractivity contribution >= 4 is 34.8 Å². The number of esters is 2. The van der Waals surface area contributed by atoms with Crippen molar-refractivity contribution in [3.63, 3.8) is 0 Å². The molecule has 2 amide bonds. The van der Waals surface area contributed by atoms with E-state index in [0.29, 0.717) is 16.6 Å². The van der Waals surface area contributed by atoms with Gasteiger partial charge in [-0.15, -0.1) is 0 Å². The maximum atomic E-state index is 14.2. The minimum absolute atomic E-state index is 0.00550. The minimum Gasteiger partial charge on any atom is -0.466 e. The van der Waals surface area contributed by atoms with Crippen LogP contribution in [0.3, 0.4) is 0 Å². The van der Waals surface area contributed by atoms with Gasteiger partial charge in [0.2, 0.25) is 5.91 Å². The highest BCUT2D eigenvalue weighted by molar-refractivity contribution is 5.94. The van der Waals surface area contributed by atoms with Gasteiger partial charge >= 0.3 is 11.9 Å². The zero-order chi connectivity index (χ0) is 33.0. The highest BCUT2D eigenvalue weighted by atomic mass is 19.1. The van der Waals surface area contributed by atoms with Gasteiger partial charge in [0.25, 0.3) is 5.91 Å². The van der Waals surface area contributed by atoms with E-state index in [1.807, 2.05) is 0 Å². The van der Waals surface area contributed by atoms with Crippen molar-refractivity contribution in [2.45, 2.75) is 83.5 Å². The number of hydrogen-bond donors (Lipinski definition) is 3. The van der Waals surface area contributed by atoms with Crippen LogP contribution in [0.25, 0.3) is 11.0 Å². The van der Waals surface area contributed by atoms with Crippen molar-refractivity contribution in [1.82, 2.24) is 15.3 Å². The summed E-state index contributed by atoms with van der Waals surface area (Å²) in [6.45, 7) is 5.10. The molecule has 242 valence electrons. The Morgan fingerprint density at radius 3 is 2.42 bits per heavy atom. The molecule has 0 saturated heterocycles. The van der Waals surface area contributed by atoms with E-state index >= 15 is 0 Å². The summed E-state index contributed by atoms with van der Waals surface area (Å²) in [6, 6.07) is 11.8. The second kappa shape index (κ2) is 16.6. The van der Waals surface area contributed by atoms with Crippen LogP contribution in [0, 0.1) is 11.7 Å². The number of halogens is 1. The van der Waals surface area contributed by atoms with E-state index in [1.54, 1.807) is 51.1 Å².